The summed E-state index contributed by atoms with van der Waals surface area (Å²) in [6.07, 6.45) is 0. The molecule has 0 aliphatic carbocycles. The van der Waals surface area contributed by atoms with Gasteiger partial charge in [0.1, 0.15) is 28.9 Å². The summed E-state index contributed by atoms with van der Waals surface area (Å²) in [5.74, 6) is 0. The standard InChI is InChI=1S/C42H28N4O/c1-42(2,3)26-17-20-35-31(22-26)39-37(21-18-30-29-12-6-9-15-38(29)47-41(30)39)45(35)36-19-16-25(23-43)40(32(36)24-44)46-33-13-7-4-10-27(33)28-11-5-8-14-34(28)46/h4-22H,1-3H3. The van der Waals surface area contributed by atoms with E-state index in [1.807, 2.05) is 54.6 Å². The third kappa shape index (κ3) is 3.69. The smallest absolute Gasteiger partial charge is 0.145 e. The zero-order chi connectivity index (χ0) is 32.0. The summed E-state index contributed by atoms with van der Waals surface area (Å²) in [7, 11) is 0. The van der Waals surface area contributed by atoms with Gasteiger partial charge >= 0.3 is 0 Å². The van der Waals surface area contributed by atoms with E-state index in [9.17, 15) is 10.5 Å². The Kier molecular flexibility index (Phi) is 5.52. The lowest BCUT2D eigenvalue weighted by Crippen LogP contribution is -2.10. The maximum absolute atomic E-state index is 11.0. The van der Waals surface area contributed by atoms with E-state index in [4.69, 9.17) is 4.42 Å². The van der Waals surface area contributed by atoms with Crippen LogP contribution in [0.25, 0.3) is 76.9 Å². The second-order valence-electron chi connectivity index (χ2n) is 13.2. The maximum Gasteiger partial charge on any atom is 0.145 e. The van der Waals surface area contributed by atoms with Crippen molar-refractivity contribution in [1.82, 2.24) is 9.13 Å². The third-order valence-electron chi connectivity index (χ3n) is 9.57. The molecule has 0 aliphatic rings. The Bertz CT molecular complexity index is 2800. The molecule has 0 atom stereocenters. The zero-order valence-corrected chi connectivity index (χ0v) is 26.2. The first kappa shape index (κ1) is 27.0. The van der Waals surface area contributed by atoms with Gasteiger partial charge in [-0.25, -0.2) is 0 Å². The van der Waals surface area contributed by atoms with Crippen LogP contribution in [0.15, 0.2) is 120 Å². The Morgan fingerprint density at radius 1 is 0.574 bits per heavy atom. The van der Waals surface area contributed by atoms with Crippen molar-refractivity contribution in [2.75, 3.05) is 0 Å². The SMILES string of the molecule is CC(C)(C)c1ccc2c(c1)c1c3oc4ccccc4c3ccc1n2-c1ccc(C#N)c(-n2c3ccccc3c3ccccc32)c1C#N. The number of aromatic nitrogens is 2. The average Bonchev–Trinajstić information content (AvgIpc) is 3.74. The molecule has 0 unspecified atom stereocenters. The van der Waals surface area contributed by atoms with Crippen LogP contribution in [0.3, 0.4) is 0 Å². The van der Waals surface area contributed by atoms with Gasteiger partial charge < -0.3 is 13.6 Å². The topological polar surface area (TPSA) is 70.6 Å². The fourth-order valence-corrected chi connectivity index (χ4v) is 7.38. The van der Waals surface area contributed by atoms with E-state index < -0.39 is 0 Å². The molecule has 0 bridgehead atoms. The first-order chi connectivity index (χ1) is 22.9. The molecule has 5 heteroatoms. The predicted molar refractivity (Wildman–Crippen MR) is 191 cm³/mol. The Hall–Kier alpha value is -6.30. The van der Waals surface area contributed by atoms with Crippen LogP contribution in [0.4, 0.5) is 0 Å². The predicted octanol–water partition coefficient (Wildman–Crippen LogP) is 10.8. The molecule has 0 N–H and O–H groups in total. The lowest BCUT2D eigenvalue weighted by atomic mass is 9.86. The van der Waals surface area contributed by atoms with Gasteiger partial charge in [0.2, 0.25) is 0 Å². The summed E-state index contributed by atoms with van der Waals surface area (Å²) in [5, 5.41) is 27.8. The molecule has 0 aliphatic heterocycles. The fourth-order valence-electron chi connectivity index (χ4n) is 7.38. The minimum absolute atomic E-state index is 0.0691. The van der Waals surface area contributed by atoms with Crippen LogP contribution < -0.4 is 0 Å². The molecule has 3 aromatic heterocycles. The molecule has 0 amide bonds. The van der Waals surface area contributed by atoms with Crippen molar-refractivity contribution in [3.8, 4) is 23.5 Å². The summed E-state index contributed by atoms with van der Waals surface area (Å²) < 4.78 is 10.8. The van der Waals surface area contributed by atoms with Crippen molar-refractivity contribution in [3.05, 3.63) is 132 Å². The molecule has 0 spiro atoms. The van der Waals surface area contributed by atoms with Crippen LogP contribution >= 0.6 is 0 Å². The van der Waals surface area contributed by atoms with Gasteiger partial charge in [0, 0.05) is 26.9 Å². The van der Waals surface area contributed by atoms with Crippen molar-refractivity contribution >= 4 is 65.6 Å². The van der Waals surface area contributed by atoms with Crippen LogP contribution in [0.2, 0.25) is 0 Å². The lowest BCUT2D eigenvalue weighted by molar-refractivity contribution is 0.591. The van der Waals surface area contributed by atoms with E-state index in [1.165, 1.54) is 5.56 Å². The van der Waals surface area contributed by atoms with E-state index in [0.29, 0.717) is 22.5 Å². The highest BCUT2D eigenvalue weighted by atomic mass is 16.3. The van der Waals surface area contributed by atoms with Crippen molar-refractivity contribution < 1.29 is 4.42 Å². The molecule has 0 saturated heterocycles. The van der Waals surface area contributed by atoms with Gasteiger partial charge in [-0.1, -0.05) is 81.4 Å². The van der Waals surface area contributed by atoms with E-state index in [0.717, 1.165) is 65.6 Å². The number of para-hydroxylation sites is 3. The molecular formula is C42H28N4O. The van der Waals surface area contributed by atoms with E-state index in [-0.39, 0.29) is 5.41 Å². The number of nitrogens with zero attached hydrogens (tertiary/aromatic N) is 4. The molecule has 0 saturated carbocycles. The molecule has 3 heterocycles. The molecule has 0 radical (unpaired) electrons. The van der Waals surface area contributed by atoms with E-state index in [2.05, 4.69) is 103 Å². The first-order valence-electron chi connectivity index (χ1n) is 15.7. The van der Waals surface area contributed by atoms with E-state index in [1.54, 1.807) is 0 Å². The minimum atomic E-state index is -0.0691. The summed E-state index contributed by atoms with van der Waals surface area (Å²) in [5.41, 5.74) is 8.76. The molecule has 6 aromatic carbocycles. The highest BCUT2D eigenvalue weighted by Crippen LogP contribution is 2.43. The second-order valence-corrected chi connectivity index (χ2v) is 13.2. The van der Waals surface area contributed by atoms with Crippen molar-refractivity contribution in [1.29, 1.82) is 10.5 Å². The second kappa shape index (κ2) is 9.60. The monoisotopic (exact) mass is 604 g/mol. The Morgan fingerprint density at radius 2 is 1.21 bits per heavy atom. The molecule has 5 nitrogen and oxygen atoms in total. The Labute approximate surface area is 270 Å². The number of hydrogen-bond donors (Lipinski definition) is 0. The summed E-state index contributed by atoms with van der Waals surface area (Å²) in [6.45, 7) is 6.66. The molecular weight excluding hydrogens is 576 g/mol. The van der Waals surface area contributed by atoms with Gasteiger partial charge in [-0.15, -0.1) is 0 Å². The van der Waals surface area contributed by atoms with Crippen molar-refractivity contribution in [2.24, 2.45) is 0 Å². The van der Waals surface area contributed by atoms with Crippen LogP contribution in [-0.4, -0.2) is 9.13 Å². The van der Waals surface area contributed by atoms with Gasteiger partial charge in [-0.2, -0.15) is 10.5 Å². The molecule has 0 fully saturated rings. The minimum Gasteiger partial charge on any atom is -0.455 e. The largest absolute Gasteiger partial charge is 0.455 e. The summed E-state index contributed by atoms with van der Waals surface area (Å²) >= 11 is 0. The molecule has 222 valence electrons. The Balaban J connectivity index is 1.46. The van der Waals surface area contributed by atoms with Crippen LogP contribution in [0.5, 0.6) is 0 Å². The highest BCUT2D eigenvalue weighted by molar-refractivity contribution is 6.24. The summed E-state index contributed by atoms with van der Waals surface area (Å²) in [6, 6.07) is 44.0. The van der Waals surface area contributed by atoms with Crippen LogP contribution in [0.1, 0.15) is 37.5 Å². The first-order valence-corrected chi connectivity index (χ1v) is 15.7. The Morgan fingerprint density at radius 3 is 1.89 bits per heavy atom. The highest BCUT2D eigenvalue weighted by Gasteiger charge is 2.26. The number of rotatable bonds is 2. The molecule has 47 heavy (non-hydrogen) atoms. The lowest BCUT2D eigenvalue weighted by Gasteiger charge is -2.19. The zero-order valence-electron chi connectivity index (χ0n) is 26.2. The number of fused-ring (bicyclic) bond motifs is 10. The number of hydrogen-bond acceptors (Lipinski definition) is 3. The van der Waals surface area contributed by atoms with Gasteiger partial charge in [-0.05, 0) is 65.6 Å². The molecule has 9 rings (SSSR count). The normalized spacial score (nSPS) is 12.1. The van der Waals surface area contributed by atoms with Crippen LogP contribution in [-0.2, 0) is 5.41 Å². The quantitative estimate of drug-likeness (QED) is 0.197. The average molecular weight is 605 g/mol. The third-order valence-corrected chi connectivity index (χ3v) is 9.57. The van der Waals surface area contributed by atoms with Gasteiger partial charge in [-0.3, -0.25) is 0 Å². The van der Waals surface area contributed by atoms with Gasteiger partial charge in [0.05, 0.1) is 44.4 Å². The number of nitriles is 2. The molecule has 9 aromatic rings. The number of benzene rings is 6. The van der Waals surface area contributed by atoms with Crippen molar-refractivity contribution in [2.45, 2.75) is 26.2 Å². The van der Waals surface area contributed by atoms with Gasteiger partial charge in [0.15, 0.2) is 0 Å². The van der Waals surface area contributed by atoms with Crippen LogP contribution in [0, 0.1) is 22.7 Å². The fraction of sp³-hybridized carbons (Fsp3) is 0.0952. The van der Waals surface area contributed by atoms with Crippen molar-refractivity contribution in [3.63, 3.8) is 0 Å². The van der Waals surface area contributed by atoms with Gasteiger partial charge in [0.25, 0.3) is 0 Å². The number of furan rings is 1. The van der Waals surface area contributed by atoms with E-state index >= 15 is 0 Å². The maximum atomic E-state index is 11.0. The summed E-state index contributed by atoms with van der Waals surface area (Å²) in [4.78, 5) is 0.